The molecule has 10 nitrogen and oxygen atoms in total. The van der Waals surface area contributed by atoms with Crippen LogP contribution in [0.3, 0.4) is 0 Å². The Bertz CT molecular complexity index is 981. The van der Waals surface area contributed by atoms with E-state index >= 15 is 0 Å². The molecule has 3 rings (SSSR count). The third-order valence-corrected chi connectivity index (χ3v) is 5.25. The first kappa shape index (κ1) is 24.9. The molecule has 11 heteroatoms. The number of methoxy groups -OCH3 is 2. The van der Waals surface area contributed by atoms with Crippen molar-refractivity contribution in [1.29, 1.82) is 0 Å². The maximum absolute atomic E-state index is 12.8. The Balaban J connectivity index is 1.81. The van der Waals surface area contributed by atoms with Crippen molar-refractivity contribution in [3.05, 3.63) is 58.6 Å². The predicted molar refractivity (Wildman–Crippen MR) is 113 cm³/mol. The standard InChI is InChI=1S/C22H23ClO10/c1-29-14-9-12(8-13(23)18(14)32-20(27)11-6-4-3-5-7-11)21(28)33-19-17(26)16(25)15(10-24)31-22(19)30-2/h3-9,15-17,19,22,24-26H,10H2,1-2H3/t15-,16-,17+,19-,22+/m1/s1. The Hall–Kier alpha value is -2.73. The van der Waals surface area contributed by atoms with E-state index in [0.717, 1.165) is 0 Å². The molecule has 0 aliphatic carbocycles. The van der Waals surface area contributed by atoms with Gasteiger partial charge in [0.2, 0.25) is 0 Å². The Morgan fingerprint density at radius 2 is 1.73 bits per heavy atom. The highest BCUT2D eigenvalue weighted by Crippen LogP contribution is 2.37. The molecule has 0 spiro atoms. The van der Waals surface area contributed by atoms with Crippen LogP contribution in [-0.2, 0) is 14.2 Å². The topological polar surface area (TPSA) is 141 Å². The van der Waals surface area contributed by atoms with E-state index < -0.39 is 49.3 Å². The van der Waals surface area contributed by atoms with Crippen molar-refractivity contribution < 1.29 is 48.6 Å². The summed E-state index contributed by atoms with van der Waals surface area (Å²) in [5.41, 5.74) is 0.202. The highest BCUT2D eigenvalue weighted by atomic mass is 35.5. The van der Waals surface area contributed by atoms with Gasteiger partial charge in [0.15, 0.2) is 23.9 Å². The molecule has 3 N–H and O–H groups in total. The lowest BCUT2D eigenvalue weighted by Crippen LogP contribution is -2.60. The van der Waals surface area contributed by atoms with Gasteiger partial charge in [-0.3, -0.25) is 0 Å². The second kappa shape index (κ2) is 10.9. The van der Waals surface area contributed by atoms with Crippen molar-refractivity contribution in [1.82, 2.24) is 0 Å². The minimum atomic E-state index is -1.59. The van der Waals surface area contributed by atoms with Crippen LogP contribution in [-0.4, -0.2) is 78.8 Å². The Morgan fingerprint density at radius 1 is 1.03 bits per heavy atom. The summed E-state index contributed by atoms with van der Waals surface area (Å²) in [5, 5.41) is 29.6. The van der Waals surface area contributed by atoms with E-state index in [1.54, 1.807) is 30.3 Å². The number of carbonyl (C=O) groups is 2. The number of rotatable bonds is 7. The molecule has 33 heavy (non-hydrogen) atoms. The lowest BCUT2D eigenvalue weighted by molar-refractivity contribution is -0.293. The van der Waals surface area contributed by atoms with Crippen molar-refractivity contribution in [3.63, 3.8) is 0 Å². The maximum atomic E-state index is 12.8. The number of aliphatic hydroxyl groups excluding tert-OH is 3. The Morgan fingerprint density at radius 3 is 2.33 bits per heavy atom. The van der Waals surface area contributed by atoms with Gasteiger partial charge in [0.05, 0.1) is 29.9 Å². The number of ether oxygens (including phenoxy) is 5. The van der Waals surface area contributed by atoms with Gasteiger partial charge in [-0.2, -0.15) is 0 Å². The zero-order valence-corrected chi connectivity index (χ0v) is 18.5. The van der Waals surface area contributed by atoms with Crippen LogP contribution in [0.5, 0.6) is 11.5 Å². The summed E-state index contributed by atoms with van der Waals surface area (Å²) < 4.78 is 26.3. The lowest BCUT2D eigenvalue weighted by atomic mass is 9.99. The predicted octanol–water partition coefficient (Wildman–Crippen LogP) is 1.18. The highest BCUT2D eigenvalue weighted by molar-refractivity contribution is 6.32. The van der Waals surface area contributed by atoms with Crippen molar-refractivity contribution in [3.8, 4) is 11.5 Å². The molecule has 1 fully saturated rings. The monoisotopic (exact) mass is 482 g/mol. The fourth-order valence-corrected chi connectivity index (χ4v) is 3.47. The zero-order valence-electron chi connectivity index (χ0n) is 17.7. The van der Waals surface area contributed by atoms with Gasteiger partial charge in [-0.25, -0.2) is 9.59 Å². The quantitative estimate of drug-likeness (QED) is 0.389. The summed E-state index contributed by atoms with van der Waals surface area (Å²) in [4.78, 5) is 25.1. The van der Waals surface area contributed by atoms with Crippen LogP contribution in [0.25, 0.3) is 0 Å². The zero-order chi connectivity index (χ0) is 24.1. The van der Waals surface area contributed by atoms with Gasteiger partial charge in [-0.05, 0) is 24.3 Å². The molecule has 1 saturated heterocycles. The van der Waals surface area contributed by atoms with Crippen LogP contribution in [0.4, 0.5) is 0 Å². The number of halogens is 1. The van der Waals surface area contributed by atoms with Crippen molar-refractivity contribution >= 4 is 23.5 Å². The van der Waals surface area contributed by atoms with Gasteiger partial charge in [-0.15, -0.1) is 0 Å². The van der Waals surface area contributed by atoms with Gasteiger partial charge < -0.3 is 39.0 Å². The average Bonchev–Trinajstić information content (AvgIpc) is 2.83. The molecule has 1 aliphatic heterocycles. The van der Waals surface area contributed by atoms with Gasteiger partial charge in [0, 0.05) is 7.11 Å². The summed E-state index contributed by atoms with van der Waals surface area (Å²) in [6.45, 7) is -0.575. The Labute approximate surface area is 194 Å². The Kier molecular flexibility index (Phi) is 8.25. The first-order valence-corrected chi connectivity index (χ1v) is 10.2. The molecule has 0 aromatic heterocycles. The first-order valence-electron chi connectivity index (χ1n) is 9.81. The molecular formula is C22H23ClO10. The van der Waals surface area contributed by atoms with E-state index in [9.17, 15) is 24.9 Å². The number of esters is 2. The van der Waals surface area contributed by atoms with Crippen LogP contribution in [0.2, 0.25) is 5.02 Å². The molecule has 2 aromatic carbocycles. The minimum absolute atomic E-state index is 0.0113. The van der Waals surface area contributed by atoms with E-state index in [-0.39, 0.29) is 27.6 Å². The van der Waals surface area contributed by atoms with Gasteiger partial charge in [-0.1, -0.05) is 29.8 Å². The lowest BCUT2D eigenvalue weighted by Gasteiger charge is -2.40. The average molecular weight is 483 g/mol. The van der Waals surface area contributed by atoms with Crippen LogP contribution in [0.15, 0.2) is 42.5 Å². The molecule has 1 heterocycles. The number of benzene rings is 2. The van der Waals surface area contributed by atoms with Crippen LogP contribution in [0.1, 0.15) is 20.7 Å². The van der Waals surface area contributed by atoms with Crippen molar-refractivity contribution in [2.24, 2.45) is 0 Å². The number of hydrogen-bond acceptors (Lipinski definition) is 10. The number of hydrogen-bond donors (Lipinski definition) is 3. The number of aliphatic hydroxyl groups is 3. The third kappa shape index (κ3) is 5.44. The summed E-state index contributed by atoms with van der Waals surface area (Å²) >= 11 is 6.25. The van der Waals surface area contributed by atoms with E-state index in [2.05, 4.69) is 0 Å². The molecule has 0 radical (unpaired) electrons. The van der Waals surface area contributed by atoms with Crippen LogP contribution >= 0.6 is 11.6 Å². The van der Waals surface area contributed by atoms with E-state index in [1.807, 2.05) is 0 Å². The molecule has 0 saturated carbocycles. The van der Waals surface area contributed by atoms with Crippen LogP contribution < -0.4 is 9.47 Å². The molecular weight excluding hydrogens is 460 g/mol. The minimum Gasteiger partial charge on any atom is -0.493 e. The van der Waals surface area contributed by atoms with Gasteiger partial charge >= 0.3 is 11.9 Å². The molecule has 0 unspecified atom stereocenters. The van der Waals surface area contributed by atoms with Crippen molar-refractivity contribution in [2.45, 2.75) is 30.7 Å². The smallest absolute Gasteiger partial charge is 0.343 e. The molecule has 2 aromatic rings. The summed E-state index contributed by atoms with van der Waals surface area (Å²) in [5.74, 6) is -1.73. The summed E-state index contributed by atoms with van der Waals surface area (Å²) in [6.07, 6.45) is -6.87. The van der Waals surface area contributed by atoms with E-state index in [4.69, 9.17) is 35.3 Å². The molecule has 5 atom stereocenters. The molecule has 0 bridgehead atoms. The summed E-state index contributed by atoms with van der Waals surface area (Å²) in [7, 11) is 2.55. The number of carbonyl (C=O) groups excluding carboxylic acids is 2. The summed E-state index contributed by atoms with van der Waals surface area (Å²) in [6, 6.07) is 10.7. The van der Waals surface area contributed by atoms with Crippen molar-refractivity contribution in [2.75, 3.05) is 20.8 Å². The first-order chi connectivity index (χ1) is 15.8. The molecule has 0 amide bonds. The fourth-order valence-electron chi connectivity index (χ4n) is 3.23. The van der Waals surface area contributed by atoms with Crippen LogP contribution in [0, 0.1) is 0 Å². The normalized spacial score (nSPS) is 24.7. The van der Waals surface area contributed by atoms with E-state index in [1.165, 1.54) is 26.4 Å². The second-order valence-corrected chi connectivity index (χ2v) is 7.46. The fraction of sp³-hybridized carbons (Fsp3) is 0.364. The second-order valence-electron chi connectivity index (χ2n) is 7.06. The van der Waals surface area contributed by atoms with Gasteiger partial charge in [0.1, 0.15) is 18.3 Å². The van der Waals surface area contributed by atoms with E-state index in [0.29, 0.717) is 0 Å². The SMILES string of the molecule is COc1cc(C(=O)O[C@H]2[C@@H](OC)O[C@H](CO)[C@@H](O)[C@@H]2O)cc(Cl)c1OC(=O)c1ccccc1. The van der Waals surface area contributed by atoms with Gasteiger partial charge in [0.25, 0.3) is 0 Å². The maximum Gasteiger partial charge on any atom is 0.343 e. The third-order valence-electron chi connectivity index (χ3n) is 4.97. The highest BCUT2D eigenvalue weighted by Gasteiger charge is 2.47. The molecule has 1 aliphatic rings. The largest absolute Gasteiger partial charge is 0.493 e. The molecule has 178 valence electrons.